The number of carboxylic acid groups (broad SMARTS) is 1. The third-order valence-electron chi connectivity index (χ3n) is 5.98. The summed E-state index contributed by atoms with van der Waals surface area (Å²) in [6, 6.07) is 6.04. The Morgan fingerprint density at radius 1 is 1.18 bits per heavy atom. The molecule has 3 heterocycles. The van der Waals surface area contributed by atoms with Crippen LogP contribution < -0.4 is 10.5 Å². The van der Waals surface area contributed by atoms with E-state index in [0.29, 0.717) is 28.6 Å². The van der Waals surface area contributed by atoms with Gasteiger partial charge in [-0.3, -0.25) is 9.77 Å². The Balaban J connectivity index is 0.000000532. The van der Waals surface area contributed by atoms with E-state index in [9.17, 15) is 21.8 Å². The van der Waals surface area contributed by atoms with E-state index in [0.717, 1.165) is 0 Å². The fourth-order valence-corrected chi connectivity index (χ4v) is 5.25. The molecule has 3 aromatic rings. The Morgan fingerprint density at radius 3 is 2.33 bits per heavy atom. The number of nitrogens with zero attached hydrogens (tertiary/aromatic N) is 4. The first-order valence-electron chi connectivity index (χ1n) is 11.0. The number of nitrogens with two attached hydrogens (primary N) is 1. The molecule has 0 saturated carbocycles. The zero-order chi connectivity index (χ0) is 29.4. The van der Waals surface area contributed by atoms with Crippen molar-refractivity contribution in [3.63, 3.8) is 0 Å². The van der Waals surface area contributed by atoms with Crippen molar-refractivity contribution in [1.29, 1.82) is 4.78 Å². The van der Waals surface area contributed by atoms with Gasteiger partial charge in [-0.25, -0.2) is 23.4 Å². The molecule has 0 radical (unpaired) electrons. The Labute approximate surface area is 220 Å². The first-order valence-corrected chi connectivity index (χ1v) is 12.7. The Kier molecular flexibility index (Phi) is 7.74. The van der Waals surface area contributed by atoms with E-state index < -0.39 is 38.0 Å². The van der Waals surface area contributed by atoms with Gasteiger partial charge < -0.3 is 20.1 Å². The van der Waals surface area contributed by atoms with Gasteiger partial charge in [0.25, 0.3) is 0 Å². The fourth-order valence-electron chi connectivity index (χ4n) is 3.49. The summed E-state index contributed by atoms with van der Waals surface area (Å²) in [5.74, 6) is -2.64. The summed E-state index contributed by atoms with van der Waals surface area (Å²) in [6.45, 7) is 4.86. The number of amidine groups is 1. The van der Waals surface area contributed by atoms with Gasteiger partial charge in [-0.1, -0.05) is 5.16 Å². The standard InChI is InChI=1S/C21H23FN6O3S.C2HF3O2/c1-20(2)19(23)27-21(3,11-32(20,24)29)13-7-12(5-6-14(13)22)17-8-15(28-31-17)16-9-26-18(30-4)10-25-16;3-2(4,5)1(6)7/h5-10,24H,11H2,1-4H3,(H2,23,27);(H,6,7)/t21-,32?;/m0./s1. The number of aliphatic imine (C=N–C) groups is 1. The summed E-state index contributed by atoms with van der Waals surface area (Å²) in [5.41, 5.74) is 6.45. The van der Waals surface area contributed by atoms with Gasteiger partial charge in [-0.05, 0) is 39.0 Å². The monoisotopic (exact) mass is 572 g/mol. The summed E-state index contributed by atoms with van der Waals surface area (Å²) >= 11 is 0. The summed E-state index contributed by atoms with van der Waals surface area (Å²) < 4.78 is 77.4. The predicted molar refractivity (Wildman–Crippen MR) is 132 cm³/mol. The molecule has 0 amide bonds. The molecule has 0 fully saturated rings. The molecule has 1 aromatic carbocycles. The Hall–Kier alpha value is -4.08. The summed E-state index contributed by atoms with van der Waals surface area (Å²) in [4.78, 5) is 21.7. The number of hydrogen-bond donors (Lipinski definition) is 3. The van der Waals surface area contributed by atoms with Crippen LogP contribution >= 0.6 is 0 Å². The van der Waals surface area contributed by atoms with E-state index >= 15 is 0 Å². The highest BCUT2D eigenvalue weighted by Crippen LogP contribution is 2.39. The molecule has 4 rings (SSSR count). The van der Waals surface area contributed by atoms with E-state index in [1.54, 1.807) is 39.0 Å². The molecule has 16 heteroatoms. The second-order valence-corrected chi connectivity index (χ2v) is 11.8. The second kappa shape index (κ2) is 10.2. The summed E-state index contributed by atoms with van der Waals surface area (Å²) in [5, 5.41) is 11.1. The number of aromatic nitrogens is 3. The van der Waals surface area contributed by atoms with Gasteiger partial charge in [0.05, 0.1) is 35.0 Å². The maximum absolute atomic E-state index is 14.9. The van der Waals surface area contributed by atoms with Crippen molar-refractivity contribution >= 4 is 21.5 Å². The second-order valence-electron chi connectivity index (χ2n) is 9.12. The number of ether oxygens (including phenoxy) is 1. The third-order valence-corrected chi connectivity index (χ3v) is 8.80. The molecule has 0 spiro atoms. The average Bonchev–Trinajstić information content (AvgIpc) is 3.33. The van der Waals surface area contributed by atoms with Crippen molar-refractivity contribution in [2.75, 3.05) is 12.9 Å². The van der Waals surface area contributed by atoms with Crippen LogP contribution in [0.5, 0.6) is 5.88 Å². The van der Waals surface area contributed by atoms with Gasteiger partial charge in [0.15, 0.2) is 5.76 Å². The number of rotatable bonds is 4. The van der Waals surface area contributed by atoms with Crippen LogP contribution in [0.4, 0.5) is 17.6 Å². The normalized spacial score (nSPS) is 22.3. The van der Waals surface area contributed by atoms with E-state index in [-0.39, 0.29) is 17.2 Å². The quantitative estimate of drug-likeness (QED) is 0.390. The molecule has 0 aliphatic carbocycles. The van der Waals surface area contributed by atoms with Crippen molar-refractivity contribution in [2.24, 2.45) is 10.7 Å². The van der Waals surface area contributed by atoms with Crippen molar-refractivity contribution in [2.45, 2.75) is 37.2 Å². The first-order chi connectivity index (χ1) is 17.9. The van der Waals surface area contributed by atoms with Gasteiger partial charge in [0.1, 0.15) is 33.3 Å². The highest BCUT2D eigenvalue weighted by atomic mass is 32.2. The topological polar surface area (TPSA) is 178 Å². The fraction of sp³-hybridized carbons (Fsp3) is 0.348. The molecule has 4 N–H and O–H groups in total. The molecule has 0 bridgehead atoms. The smallest absolute Gasteiger partial charge is 0.480 e. The highest BCUT2D eigenvalue weighted by Gasteiger charge is 2.47. The maximum atomic E-state index is 14.9. The van der Waals surface area contributed by atoms with Crippen molar-refractivity contribution in [1.82, 2.24) is 15.1 Å². The molecule has 39 heavy (non-hydrogen) atoms. The highest BCUT2D eigenvalue weighted by molar-refractivity contribution is 7.94. The summed E-state index contributed by atoms with van der Waals surface area (Å²) in [7, 11) is -1.69. The molecule has 210 valence electrons. The van der Waals surface area contributed by atoms with Crippen LogP contribution in [-0.4, -0.2) is 60.0 Å². The lowest BCUT2D eigenvalue weighted by Gasteiger charge is -2.39. The number of methoxy groups -OCH3 is 1. The van der Waals surface area contributed by atoms with Gasteiger partial charge in [0, 0.05) is 17.2 Å². The molecule has 1 aliphatic heterocycles. The number of alkyl halides is 3. The zero-order valence-electron chi connectivity index (χ0n) is 21.0. The minimum Gasteiger partial charge on any atom is -0.480 e. The number of carboxylic acids is 1. The zero-order valence-corrected chi connectivity index (χ0v) is 21.9. The number of hydrogen-bond acceptors (Lipinski definition) is 10. The van der Waals surface area contributed by atoms with Crippen LogP contribution in [0.15, 0.2) is 46.2 Å². The van der Waals surface area contributed by atoms with Crippen LogP contribution in [-0.2, 0) is 20.1 Å². The van der Waals surface area contributed by atoms with Gasteiger partial charge in [-0.2, -0.15) is 13.2 Å². The minimum absolute atomic E-state index is 0.0658. The Bertz CT molecular complexity index is 1520. The lowest BCUT2D eigenvalue weighted by atomic mass is 9.91. The molecule has 1 unspecified atom stereocenters. The van der Waals surface area contributed by atoms with Crippen LogP contribution in [0.3, 0.4) is 0 Å². The van der Waals surface area contributed by atoms with E-state index in [1.165, 1.54) is 25.6 Å². The molecular weight excluding hydrogens is 548 g/mol. The summed E-state index contributed by atoms with van der Waals surface area (Å²) in [6.07, 6.45) is -2.12. The minimum atomic E-state index is -5.08. The van der Waals surface area contributed by atoms with Crippen LogP contribution in [0.2, 0.25) is 0 Å². The lowest BCUT2D eigenvalue weighted by molar-refractivity contribution is -0.192. The third kappa shape index (κ3) is 6.00. The maximum Gasteiger partial charge on any atom is 0.490 e. The molecule has 2 atom stereocenters. The SMILES string of the molecule is COc1cnc(-c2cc(-c3ccc(F)c([C@]4(C)CS(=N)(=O)C(C)(C)C(N)=N4)c3)on2)cn1.O=C(O)C(F)(F)F. The van der Waals surface area contributed by atoms with Crippen LogP contribution in [0.25, 0.3) is 22.7 Å². The first kappa shape index (κ1) is 29.5. The van der Waals surface area contributed by atoms with E-state index in [2.05, 4.69) is 20.1 Å². The van der Waals surface area contributed by atoms with Crippen molar-refractivity contribution in [3.05, 3.63) is 48.0 Å². The van der Waals surface area contributed by atoms with E-state index in [1.807, 2.05) is 0 Å². The van der Waals surface area contributed by atoms with Crippen molar-refractivity contribution in [3.8, 4) is 28.6 Å². The molecule has 2 aromatic heterocycles. The number of nitrogens with one attached hydrogen (secondary N) is 1. The van der Waals surface area contributed by atoms with Gasteiger partial charge >= 0.3 is 12.1 Å². The van der Waals surface area contributed by atoms with Gasteiger partial charge in [0.2, 0.25) is 5.88 Å². The Morgan fingerprint density at radius 2 is 1.82 bits per heavy atom. The number of benzene rings is 1. The average molecular weight is 573 g/mol. The molecule has 11 nitrogen and oxygen atoms in total. The van der Waals surface area contributed by atoms with E-state index in [4.69, 9.17) is 29.7 Å². The largest absolute Gasteiger partial charge is 0.490 e. The number of carbonyl (C=O) groups is 1. The molecule has 0 saturated heterocycles. The lowest BCUT2D eigenvalue weighted by Crippen LogP contribution is -2.54. The van der Waals surface area contributed by atoms with Crippen molar-refractivity contribution < 1.29 is 40.9 Å². The number of aliphatic carboxylic acids is 1. The number of halogens is 4. The van der Waals surface area contributed by atoms with Gasteiger partial charge in [-0.15, -0.1) is 0 Å². The predicted octanol–water partition coefficient (Wildman–Crippen LogP) is 3.99. The molecule has 1 aliphatic rings. The van der Waals surface area contributed by atoms with Crippen LogP contribution in [0, 0.1) is 10.6 Å². The molecular formula is C23H24F4N6O5S. The van der Waals surface area contributed by atoms with Crippen LogP contribution in [0.1, 0.15) is 26.3 Å².